The molecule has 0 aromatic heterocycles. The van der Waals surface area contributed by atoms with Crippen LogP contribution in [0.4, 0.5) is 0 Å². The molecule has 7 heteroatoms. The number of nitrogens with one attached hydrogen (secondary N) is 1. The van der Waals surface area contributed by atoms with Gasteiger partial charge in [-0.25, -0.2) is 4.79 Å². The fourth-order valence-electron chi connectivity index (χ4n) is 4.59. The summed E-state index contributed by atoms with van der Waals surface area (Å²) >= 11 is 0. The molecule has 1 saturated heterocycles. The largest absolute Gasteiger partial charge is 0.480 e. The van der Waals surface area contributed by atoms with Crippen molar-refractivity contribution in [2.45, 2.75) is 83.9 Å². The molecule has 7 nitrogen and oxygen atoms in total. The van der Waals surface area contributed by atoms with Crippen LogP contribution in [0.5, 0.6) is 0 Å². The second kappa shape index (κ2) is 13.3. The van der Waals surface area contributed by atoms with Crippen LogP contribution in [0, 0.1) is 11.8 Å². The minimum absolute atomic E-state index is 0.114. The molecule has 0 saturated carbocycles. The number of carbonyl (C=O) groups excluding carboxylic acids is 2. The van der Waals surface area contributed by atoms with E-state index in [9.17, 15) is 19.5 Å². The molecule has 0 unspecified atom stereocenters. The Morgan fingerprint density at radius 2 is 1.91 bits per heavy atom. The van der Waals surface area contributed by atoms with Crippen LogP contribution in [0.1, 0.15) is 64.9 Å². The van der Waals surface area contributed by atoms with Crippen molar-refractivity contribution < 1.29 is 24.2 Å². The lowest BCUT2D eigenvalue weighted by Crippen LogP contribution is -2.52. The Balaban J connectivity index is 2.00. The van der Waals surface area contributed by atoms with Crippen molar-refractivity contribution in [1.82, 2.24) is 10.2 Å². The Labute approximate surface area is 197 Å². The van der Waals surface area contributed by atoms with E-state index in [1.54, 1.807) is 14.0 Å². The molecule has 0 radical (unpaired) electrons. The predicted molar refractivity (Wildman–Crippen MR) is 128 cm³/mol. The molecule has 0 bridgehead atoms. The Kier molecular flexibility index (Phi) is 10.8. The third-order valence-corrected chi connectivity index (χ3v) is 6.86. The van der Waals surface area contributed by atoms with Gasteiger partial charge in [-0.05, 0) is 30.7 Å². The van der Waals surface area contributed by atoms with Crippen LogP contribution in [-0.2, 0) is 25.5 Å². The maximum atomic E-state index is 13.0. The first-order chi connectivity index (χ1) is 15.8. The zero-order valence-electron chi connectivity index (χ0n) is 20.5. The number of carbonyl (C=O) groups is 3. The van der Waals surface area contributed by atoms with Gasteiger partial charge in [-0.1, -0.05) is 63.9 Å². The summed E-state index contributed by atoms with van der Waals surface area (Å²) in [7, 11) is 1.55. The van der Waals surface area contributed by atoms with Crippen molar-refractivity contribution >= 4 is 17.8 Å². The molecule has 2 rings (SSSR count). The molecule has 1 fully saturated rings. The Morgan fingerprint density at radius 1 is 1.21 bits per heavy atom. The van der Waals surface area contributed by atoms with Gasteiger partial charge in [0.15, 0.2) is 0 Å². The molecule has 33 heavy (non-hydrogen) atoms. The van der Waals surface area contributed by atoms with Crippen molar-refractivity contribution in [3.63, 3.8) is 0 Å². The predicted octanol–water partition coefficient (Wildman–Crippen LogP) is 3.66. The second-order valence-corrected chi connectivity index (χ2v) is 9.28. The Bertz CT molecular complexity index is 769. The van der Waals surface area contributed by atoms with Crippen LogP contribution in [0.2, 0.25) is 0 Å². The first-order valence-corrected chi connectivity index (χ1v) is 12.2. The standard InChI is InChI=1S/C26H40N2O5/c1-5-18(2)11-9-15-23(29)28-16-10-14-22(28)24(33-4)19(3)25(30)27-21(26(31)32)17-20-12-7-6-8-13-20/h6-8,12-13,18-19,21-22,24H,5,9-11,14-17H2,1-4H3,(H,27,30)(H,31,32)/t18-,19+,21-,22-,24+/m0/s1. The van der Waals surface area contributed by atoms with E-state index in [1.807, 2.05) is 35.2 Å². The number of likely N-dealkylation sites (tertiary alicyclic amines) is 1. The van der Waals surface area contributed by atoms with Gasteiger partial charge in [-0.15, -0.1) is 0 Å². The van der Waals surface area contributed by atoms with Crippen LogP contribution in [0.15, 0.2) is 30.3 Å². The lowest BCUT2D eigenvalue weighted by atomic mass is 9.94. The molecule has 0 aliphatic carbocycles. The van der Waals surface area contributed by atoms with E-state index in [0.717, 1.165) is 37.7 Å². The number of carboxylic acids is 1. The van der Waals surface area contributed by atoms with Crippen LogP contribution >= 0.6 is 0 Å². The molecule has 2 N–H and O–H groups in total. The van der Waals surface area contributed by atoms with E-state index in [4.69, 9.17) is 4.74 Å². The third-order valence-electron chi connectivity index (χ3n) is 6.86. The first kappa shape index (κ1) is 26.8. The smallest absolute Gasteiger partial charge is 0.326 e. The highest BCUT2D eigenvalue weighted by Crippen LogP contribution is 2.27. The van der Waals surface area contributed by atoms with E-state index in [-0.39, 0.29) is 24.3 Å². The van der Waals surface area contributed by atoms with Crippen molar-refractivity contribution in [3.05, 3.63) is 35.9 Å². The van der Waals surface area contributed by atoms with Crippen molar-refractivity contribution in [1.29, 1.82) is 0 Å². The summed E-state index contributed by atoms with van der Waals surface area (Å²) in [6.45, 7) is 6.78. The number of hydrogen-bond acceptors (Lipinski definition) is 4. The lowest BCUT2D eigenvalue weighted by molar-refractivity contribution is -0.144. The molecule has 1 aromatic carbocycles. The van der Waals surface area contributed by atoms with Crippen LogP contribution in [-0.4, -0.2) is 59.6 Å². The quantitative estimate of drug-likeness (QED) is 0.468. The topological polar surface area (TPSA) is 95.9 Å². The minimum Gasteiger partial charge on any atom is -0.480 e. The number of hydrogen-bond donors (Lipinski definition) is 2. The first-order valence-electron chi connectivity index (χ1n) is 12.2. The number of amides is 2. The van der Waals surface area contributed by atoms with Gasteiger partial charge in [-0.3, -0.25) is 9.59 Å². The van der Waals surface area contributed by atoms with Crippen LogP contribution < -0.4 is 5.32 Å². The Morgan fingerprint density at radius 3 is 2.52 bits per heavy atom. The summed E-state index contributed by atoms with van der Waals surface area (Å²) in [5, 5.41) is 12.3. The van der Waals surface area contributed by atoms with E-state index >= 15 is 0 Å². The fourth-order valence-corrected chi connectivity index (χ4v) is 4.59. The molecule has 184 valence electrons. The maximum Gasteiger partial charge on any atom is 0.326 e. The maximum absolute atomic E-state index is 13.0. The number of ether oxygens (including phenoxy) is 1. The highest BCUT2D eigenvalue weighted by Gasteiger charge is 2.40. The van der Waals surface area contributed by atoms with Gasteiger partial charge < -0.3 is 20.1 Å². The van der Waals surface area contributed by atoms with Crippen molar-refractivity contribution in [3.8, 4) is 0 Å². The van der Waals surface area contributed by atoms with E-state index in [0.29, 0.717) is 18.9 Å². The SMILES string of the molecule is CC[C@H](C)CCCC(=O)N1CCC[C@H]1[C@H](OC)[C@@H](C)C(=O)N[C@@H](Cc1ccccc1)C(=O)O. The molecular weight excluding hydrogens is 420 g/mol. The molecule has 5 atom stereocenters. The highest BCUT2D eigenvalue weighted by atomic mass is 16.5. The van der Waals surface area contributed by atoms with Crippen molar-refractivity contribution in [2.75, 3.05) is 13.7 Å². The van der Waals surface area contributed by atoms with E-state index < -0.39 is 24.0 Å². The lowest BCUT2D eigenvalue weighted by Gasteiger charge is -2.34. The van der Waals surface area contributed by atoms with Gasteiger partial charge in [0.2, 0.25) is 11.8 Å². The number of benzene rings is 1. The average molecular weight is 461 g/mol. The van der Waals surface area contributed by atoms with Gasteiger partial charge in [0.05, 0.1) is 18.1 Å². The molecule has 2 amide bonds. The molecular formula is C26H40N2O5. The van der Waals surface area contributed by atoms with Crippen LogP contribution in [0.25, 0.3) is 0 Å². The molecule has 1 heterocycles. The van der Waals surface area contributed by atoms with Crippen molar-refractivity contribution in [2.24, 2.45) is 11.8 Å². The number of rotatable bonds is 13. The van der Waals surface area contributed by atoms with Gasteiger partial charge in [-0.2, -0.15) is 0 Å². The summed E-state index contributed by atoms with van der Waals surface area (Å²) in [6.07, 6.45) is 4.89. The average Bonchev–Trinajstić information content (AvgIpc) is 3.29. The van der Waals surface area contributed by atoms with Gasteiger partial charge >= 0.3 is 5.97 Å². The summed E-state index contributed by atoms with van der Waals surface area (Å²) in [6, 6.07) is 8.02. The number of nitrogens with zero attached hydrogens (tertiary/aromatic N) is 1. The summed E-state index contributed by atoms with van der Waals surface area (Å²) in [5.41, 5.74) is 0.839. The zero-order valence-corrected chi connectivity index (χ0v) is 20.5. The Hall–Kier alpha value is -2.41. The molecule has 1 aliphatic heterocycles. The molecule has 0 spiro atoms. The summed E-state index contributed by atoms with van der Waals surface area (Å²) in [5.74, 6) is -1.32. The number of methoxy groups -OCH3 is 1. The highest BCUT2D eigenvalue weighted by molar-refractivity contribution is 5.85. The van der Waals surface area contributed by atoms with Gasteiger partial charge in [0.25, 0.3) is 0 Å². The number of aliphatic carboxylic acids is 1. The normalized spacial score (nSPS) is 19.5. The van der Waals surface area contributed by atoms with E-state index in [2.05, 4.69) is 19.2 Å². The fraction of sp³-hybridized carbons (Fsp3) is 0.654. The minimum atomic E-state index is -1.08. The summed E-state index contributed by atoms with van der Waals surface area (Å²) in [4.78, 5) is 39.5. The van der Waals surface area contributed by atoms with E-state index in [1.165, 1.54) is 0 Å². The summed E-state index contributed by atoms with van der Waals surface area (Å²) < 4.78 is 5.72. The zero-order chi connectivity index (χ0) is 24.4. The van der Waals surface area contributed by atoms with Gasteiger partial charge in [0, 0.05) is 26.5 Å². The number of carboxylic acid groups (broad SMARTS) is 1. The monoisotopic (exact) mass is 460 g/mol. The molecule has 1 aliphatic rings. The third kappa shape index (κ3) is 7.84. The van der Waals surface area contributed by atoms with Crippen LogP contribution in [0.3, 0.4) is 0 Å². The molecule has 1 aromatic rings. The second-order valence-electron chi connectivity index (χ2n) is 9.28. The van der Waals surface area contributed by atoms with Gasteiger partial charge in [0.1, 0.15) is 6.04 Å².